The van der Waals surface area contributed by atoms with Crippen LogP contribution >= 0.6 is 24.0 Å². The quantitative estimate of drug-likeness (QED) is 0.259. The molecule has 0 radical (unpaired) electrons. The summed E-state index contributed by atoms with van der Waals surface area (Å²) in [5, 5.41) is 8.08. The second kappa shape index (κ2) is 10.2. The molecule has 10 heteroatoms. The minimum Gasteiger partial charge on any atom is -0.469 e. The van der Waals surface area contributed by atoms with Crippen LogP contribution in [0.1, 0.15) is 19.8 Å². The molecule has 1 saturated heterocycles. The van der Waals surface area contributed by atoms with Gasteiger partial charge in [0.15, 0.2) is 5.96 Å². The monoisotopic (exact) mass is 448 g/mol. The van der Waals surface area contributed by atoms with Gasteiger partial charge in [-0.15, -0.1) is 24.0 Å². The van der Waals surface area contributed by atoms with Crippen LogP contribution in [-0.4, -0.2) is 64.3 Å². The van der Waals surface area contributed by atoms with Crippen molar-refractivity contribution in [1.29, 1.82) is 0 Å². The zero-order valence-electron chi connectivity index (χ0n) is 12.9. The SMILES string of the molecule is CCNC(=NCCS(N)(=O)=O)N1CCC(C(=O)OC)CC1.I. The van der Waals surface area contributed by atoms with Crippen molar-refractivity contribution in [3.05, 3.63) is 0 Å². The maximum Gasteiger partial charge on any atom is 0.308 e. The molecule has 1 fully saturated rings. The number of carbonyl (C=O) groups is 1. The number of hydrogen-bond acceptors (Lipinski definition) is 5. The van der Waals surface area contributed by atoms with E-state index in [2.05, 4.69) is 10.3 Å². The Bertz CT molecular complexity index is 476. The van der Waals surface area contributed by atoms with Gasteiger partial charge in [-0.1, -0.05) is 0 Å². The molecule has 0 spiro atoms. The summed E-state index contributed by atoms with van der Waals surface area (Å²) < 4.78 is 26.6. The molecule has 0 amide bonds. The second-order valence-electron chi connectivity index (χ2n) is 4.89. The molecular formula is C12H25IN4O4S. The molecule has 8 nitrogen and oxygen atoms in total. The van der Waals surface area contributed by atoms with Crippen molar-refractivity contribution in [2.45, 2.75) is 19.8 Å². The first kappa shape index (κ1) is 21.4. The number of nitrogens with zero attached hydrogens (tertiary/aromatic N) is 2. The molecule has 1 rings (SSSR count). The highest BCUT2D eigenvalue weighted by atomic mass is 127. The lowest BCUT2D eigenvalue weighted by molar-refractivity contribution is -0.146. The van der Waals surface area contributed by atoms with Crippen LogP contribution in [0.15, 0.2) is 4.99 Å². The van der Waals surface area contributed by atoms with E-state index in [9.17, 15) is 13.2 Å². The summed E-state index contributed by atoms with van der Waals surface area (Å²) >= 11 is 0. The summed E-state index contributed by atoms with van der Waals surface area (Å²) in [6.07, 6.45) is 1.40. The van der Waals surface area contributed by atoms with Crippen molar-refractivity contribution in [3.63, 3.8) is 0 Å². The molecule has 22 heavy (non-hydrogen) atoms. The number of hydrogen-bond donors (Lipinski definition) is 2. The molecule has 0 aromatic rings. The van der Waals surface area contributed by atoms with Crippen LogP contribution in [0.4, 0.5) is 0 Å². The van der Waals surface area contributed by atoms with E-state index in [4.69, 9.17) is 9.88 Å². The molecule has 1 aliphatic heterocycles. The number of ether oxygens (including phenoxy) is 1. The lowest BCUT2D eigenvalue weighted by atomic mass is 9.97. The Morgan fingerprint density at radius 2 is 2.00 bits per heavy atom. The average Bonchev–Trinajstić information content (AvgIpc) is 2.44. The lowest BCUT2D eigenvalue weighted by Crippen LogP contribution is -2.46. The Morgan fingerprint density at radius 3 is 2.45 bits per heavy atom. The first-order valence-electron chi connectivity index (χ1n) is 6.99. The summed E-state index contributed by atoms with van der Waals surface area (Å²) in [6, 6.07) is 0. The third-order valence-corrected chi connectivity index (χ3v) is 4.05. The Labute approximate surface area is 148 Å². The molecule has 130 valence electrons. The van der Waals surface area contributed by atoms with Crippen LogP contribution in [0.25, 0.3) is 0 Å². The van der Waals surface area contributed by atoms with Gasteiger partial charge in [-0.25, -0.2) is 13.6 Å². The Hall–Kier alpha value is -0.620. The van der Waals surface area contributed by atoms with Gasteiger partial charge in [-0.3, -0.25) is 9.79 Å². The Balaban J connectivity index is 0.00000441. The number of piperidine rings is 1. The van der Waals surface area contributed by atoms with Crippen molar-refractivity contribution in [3.8, 4) is 0 Å². The molecule has 1 heterocycles. The predicted molar refractivity (Wildman–Crippen MR) is 95.7 cm³/mol. The van der Waals surface area contributed by atoms with Crippen molar-refractivity contribution >= 4 is 45.9 Å². The molecule has 0 bridgehead atoms. The van der Waals surface area contributed by atoms with E-state index in [1.165, 1.54) is 7.11 Å². The van der Waals surface area contributed by atoms with Crippen molar-refractivity contribution in [1.82, 2.24) is 10.2 Å². The van der Waals surface area contributed by atoms with E-state index in [-0.39, 0.29) is 48.2 Å². The molecule has 0 atom stereocenters. The first-order valence-corrected chi connectivity index (χ1v) is 8.70. The highest BCUT2D eigenvalue weighted by molar-refractivity contribution is 14.0. The highest BCUT2D eigenvalue weighted by Gasteiger charge is 2.26. The average molecular weight is 448 g/mol. The van der Waals surface area contributed by atoms with Gasteiger partial charge in [-0.05, 0) is 19.8 Å². The van der Waals surface area contributed by atoms with Crippen molar-refractivity contribution in [2.24, 2.45) is 16.0 Å². The highest BCUT2D eigenvalue weighted by Crippen LogP contribution is 2.18. The van der Waals surface area contributed by atoms with Gasteiger partial charge in [0.25, 0.3) is 0 Å². The number of sulfonamides is 1. The molecule has 0 aliphatic carbocycles. The standard InChI is InChI=1S/C12H24N4O4S.HI/c1-3-14-12(15-6-9-21(13,18)19)16-7-4-10(5-8-16)11(17)20-2;/h10H,3-9H2,1-2H3,(H,14,15)(H2,13,18,19);1H. The summed E-state index contributed by atoms with van der Waals surface area (Å²) in [4.78, 5) is 17.8. The fraction of sp³-hybridized carbons (Fsp3) is 0.833. The van der Waals surface area contributed by atoms with E-state index in [0.29, 0.717) is 38.4 Å². The van der Waals surface area contributed by atoms with Gasteiger partial charge in [0.05, 0.1) is 25.3 Å². The molecule has 0 aromatic heterocycles. The van der Waals surface area contributed by atoms with Crippen molar-refractivity contribution < 1.29 is 17.9 Å². The largest absolute Gasteiger partial charge is 0.469 e. The van der Waals surface area contributed by atoms with Crippen LogP contribution in [0.3, 0.4) is 0 Å². The molecule has 0 unspecified atom stereocenters. The minimum atomic E-state index is -3.50. The van der Waals surface area contributed by atoms with Gasteiger partial charge >= 0.3 is 5.97 Å². The predicted octanol–water partition coefficient (Wildman–Crippen LogP) is -0.257. The van der Waals surface area contributed by atoms with Crippen LogP contribution in [-0.2, 0) is 19.6 Å². The van der Waals surface area contributed by atoms with Gasteiger partial charge in [0.1, 0.15) is 0 Å². The van der Waals surface area contributed by atoms with Gasteiger partial charge in [0.2, 0.25) is 10.0 Å². The fourth-order valence-corrected chi connectivity index (χ4v) is 2.54. The van der Waals surface area contributed by atoms with Gasteiger partial charge < -0.3 is 15.0 Å². The summed E-state index contributed by atoms with van der Waals surface area (Å²) in [5.74, 6) is 0.231. The molecule has 0 aromatic carbocycles. The first-order chi connectivity index (χ1) is 9.87. The molecular weight excluding hydrogens is 423 g/mol. The molecule has 0 saturated carbocycles. The number of primary sulfonamides is 1. The lowest BCUT2D eigenvalue weighted by Gasteiger charge is -2.33. The maximum atomic E-state index is 11.5. The summed E-state index contributed by atoms with van der Waals surface area (Å²) in [6.45, 7) is 4.11. The molecule has 3 N–H and O–H groups in total. The van der Waals surface area contributed by atoms with E-state index in [1.807, 2.05) is 11.8 Å². The number of nitrogens with one attached hydrogen (secondary N) is 1. The number of likely N-dealkylation sites (tertiary alicyclic amines) is 1. The van der Waals surface area contributed by atoms with Crippen molar-refractivity contribution in [2.75, 3.05) is 39.0 Å². The number of halogens is 1. The number of rotatable bonds is 5. The number of methoxy groups -OCH3 is 1. The molecule has 1 aliphatic rings. The van der Waals surface area contributed by atoms with E-state index in [1.54, 1.807) is 0 Å². The second-order valence-corrected chi connectivity index (χ2v) is 6.62. The summed E-state index contributed by atoms with van der Waals surface area (Å²) in [5.41, 5.74) is 0. The number of nitrogens with two attached hydrogens (primary N) is 1. The third kappa shape index (κ3) is 7.58. The Morgan fingerprint density at radius 1 is 1.41 bits per heavy atom. The zero-order chi connectivity index (χ0) is 15.9. The third-order valence-electron chi connectivity index (χ3n) is 3.30. The normalized spacial score (nSPS) is 16.9. The zero-order valence-corrected chi connectivity index (χ0v) is 16.1. The van der Waals surface area contributed by atoms with E-state index in [0.717, 1.165) is 0 Å². The number of carbonyl (C=O) groups excluding carboxylic acids is 1. The minimum absolute atomic E-state index is 0. The number of esters is 1. The van der Waals surface area contributed by atoms with Crippen LogP contribution in [0.2, 0.25) is 0 Å². The van der Waals surface area contributed by atoms with Crippen LogP contribution in [0, 0.1) is 5.92 Å². The van der Waals surface area contributed by atoms with Gasteiger partial charge in [0, 0.05) is 19.6 Å². The smallest absolute Gasteiger partial charge is 0.308 e. The fourth-order valence-electron chi connectivity index (χ4n) is 2.20. The number of aliphatic imine (C=N–C) groups is 1. The van der Waals surface area contributed by atoms with E-state index < -0.39 is 10.0 Å². The maximum absolute atomic E-state index is 11.5. The summed E-state index contributed by atoms with van der Waals surface area (Å²) in [7, 11) is -2.11. The Kier molecular flexibility index (Phi) is 9.92. The van der Waals surface area contributed by atoms with Crippen LogP contribution in [0.5, 0.6) is 0 Å². The van der Waals surface area contributed by atoms with E-state index >= 15 is 0 Å². The van der Waals surface area contributed by atoms with Crippen LogP contribution < -0.4 is 10.5 Å². The van der Waals surface area contributed by atoms with Gasteiger partial charge in [-0.2, -0.15) is 0 Å². The number of guanidine groups is 1. The topological polar surface area (TPSA) is 114 Å².